The summed E-state index contributed by atoms with van der Waals surface area (Å²) in [5.41, 5.74) is 2.47. The molecule has 15 heavy (non-hydrogen) atoms. The Morgan fingerprint density at radius 2 is 1.80 bits per heavy atom. The maximum atomic E-state index is 5.13. The van der Waals surface area contributed by atoms with Gasteiger partial charge in [-0.15, -0.1) is 22.7 Å². The van der Waals surface area contributed by atoms with Gasteiger partial charge in [-0.3, -0.25) is 0 Å². The first-order chi connectivity index (χ1) is 7.16. The summed E-state index contributed by atoms with van der Waals surface area (Å²) in [6.07, 6.45) is 0. The van der Waals surface area contributed by atoms with E-state index in [4.69, 9.17) is 12.2 Å². The van der Waals surface area contributed by atoms with Crippen LogP contribution in [0.15, 0.2) is 29.6 Å². The molecular formula is C11H11NS3. The average Bonchev–Trinajstić information content (AvgIpc) is 2.65. The molecule has 4 heteroatoms. The highest BCUT2D eigenvalue weighted by Crippen LogP contribution is 2.29. The van der Waals surface area contributed by atoms with Crippen molar-refractivity contribution in [2.24, 2.45) is 0 Å². The SMILES string of the molecule is CN(C)c1ccc(-c2csc(=S)s2)cc1. The van der Waals surface area contributed by atoms with E-state index in [1.165, 1.54) is 16.1 Å². The second-order valence-electron chi connectivity index (χ2n) is 3.39. The minimum atomic E-state index is 0.988. The summed E-state index contributed by atoms with van der Waals surface area (Å²) >= 11 is 8.44. The van der Waals surface area contributed by atoms with Gasteiger partial charge in [0.1, 0.15) is 3.14 Å². The molecule has 0 amide bonds. The monoisotopic (exact) mass is 253 g/mol. The summed E-state index contributed by atoms with van der Waals surface area (Å²) in [6.45, 7) is 0. The molecule has 0 fully saturated rings. The Kier molecular flexibility index (Phi) is 3.19. The third-order valence-electron chi connectivity index (χ3n) is 2.12. The predicted octanol–water partition coefficient (Wildman–Crippen LogP) is 4.27. The van der Waals surface area contributed by atoms with Gasteiger partial charge in [0.2, 0.25) is 0 Å². The van der Waals surface area contributed by atoms with Gasteiger partial charge in [0.15, 0.2) is 0 Å². The van der Waals surface area contributed by atoms with Crippen LogP contribution in [0.5, 0.6) is 0 Å². The van der Waals surface area contributed by atoms with E-state index < -0.39 is 0 Å². The Bertz CT molecular complexity index is 493. The van der Waals surface area contributed by atoms with Crippen molar-refractivity contribution in [2.75, 3.05) is 19.0 Å². The Balaban J connectivity index is 2.35. The van der Waals surface area contributed by atoms with Gasteiger partial charge in [-0.2, -0.15) is 0 Å². The molecule has 1 aromatic carbocycles. The van der Waals surface area contributed by atoms with Crippen molar-refractivity contribution in [3.63, 3.8) is 0 Å². The number of nitrogens with zero attached hydrogens (tertiary/aromatic N) is 1. The van der Waals surface area contributed by atoms with Gasteiger partial charge in [0.25, 0.3) is 0 Å². The zero-order chi connectivity index (χ0) is 10.8. The first kappa shape index (κ1) is 10.8. The van der Waals surface area contributed by atoms with Crippen molar-refractivity contribution in [1.82, 2.24) is 0 Å². The van der Waals surface area contributed by atoms with Crippen molar-refractivity contribution in [3.8, 4) is 10.4 Å². The first-order valence-electron chi connectivity index (χ1n) is 4.53. The number of hydrogen-bond acceptors (Lipinski definition) is 4. The van der Waals surface area contributed by atoms with E-state index in [0.717, 1.165) is 3.14 Å². The molecule has 0 N–H and O–H groups in total. The quantitative estimate of drug-likeness (QED) is 0.735. The minimum Gasteiger partial charge on any atom is -0.378 e. The van der Waals surface area contributed by atoms with Gasteiger partial charge < -0.3 is 4.90 Å². The summed E-state index contributed by atoms with van der Waals surface area (Å²) in [6, 6.07) is 8.54. The molecule has 0 aliphatic carbocycles. The highest BCUT2D eigenvalue weighted by Gasteiger charge is 2.00. The zero-order valence-corrected chi connectivity index (χ0v) is 11.0. The second kappa shape index (κ2) is 4.43. The first-order valence-corrected chi connectivity index (χ1v) is 6.63. The summed E-state index contributed by atoms with van der Waals surface area (Å²) in [7, 11) is 4.09. The Labute approximate surface area is 103 Å². The highest BCUT2D eigenvalue weighted by atomic mass is 32.2. The van der Waals surface area contributed by atoms with Gasteiger partial charge in [0.05, 0.1) is 0 Å². The third kappa shape index (κ3) is 2.45. The smallest absolute Gasteiger partial charge is 0.144 e. The van der Waals surface area contributed by atoms with Crippen LogP contribution in [0.1, 0.15) is 0 Å². The van der Waals surface area contributed by atoms with E-state index in [-0.39, 0.29) is 0 Å². The van der Waals surface area contributed by atoms with Crippen molar-refractivity contribution < 1.29 is 0 Å². The average molecular weight is 253 g/mol. The molecule has 0 aliphatic rings. The van der Waals surface area contributed by atoms with Crippen LogP contribution in [0, 0.1) is 3.14 Å². The summed E-state index contributed by atoms with van der Waals surface area (Å²) in [4.78, 5) is 3.36. The van der Waals surface area contributed by atoms with Crippen LogP contribution >= 0.6 is 34.9 Å². The topological polar surface area (TPSA) is 3.24 Å². The standard InChI is InChI=1S/C11H11NS3/c1-12(2)9-5-3-8(4-6-9)10-7-14-11(13)15-10/h3-7H,1-2H3. The van der Waals surface area contributed by atoms with Gasteiger partial charge in [-0.1, -0.05) is 24.4 Å². The molecule has 0 bridgehead atoms. The predicted molar refractivity (Wildman–Crippen MR) is 72.8 cm³/mol. The largest absolute Gasteiger partial charge is 0.378 e. The Hall–Kier alpha value is -0.710. The van der Waals surface area contributed by atoms with Crippen LogP contribution in [0.3, 0.4) is 0 Å². The van der Waals surface area contributed by atoms with Crippen LogP contribution < -0.4 is 4.90 Å². The van der Waals surface area contributed by atoms with Crippen LogP contribution in [-0.4, -0.2) is 14.1 Å². The Morgan fingerprint density at radius 1 is 1.13 bits per heavy atom. The molecule has 1 aromatic heterocycles. The molecule has 0 saturated carbocycles. The molecule has 0 atom stereocenters. The fraction of sp³-hybridized carbons (Fsp3) is 0.182. The maximum Gasteiger partial charge on any atom is 0.144 e. The van der Waals surface area contributed by atoms with Gasteiger partial charge >= 0.3 is 0 Å². The van der Waals surface area contributed by atoms with Gasteiger partial charge in [-0.25, -0.2) is 0 Å². The highest BCUT2D eigenvalue weighted by molar-refractivity contribution is 7.76. The normalized spacial score (nSPS) is 10.3. The fourth-order valence-electron chi connectivity index (χ4n) is 1.29. The molecule has 0 spiro atoms. The van der Waals surface area contributed by atoms with Crippen LogP contribution in [0.2, 0.25) is 0 Å². The lowest BCUT2D eigenvalue weighted by Crippen LogP contribution is -2.07. The Morgan fingerprint density at radius 3 is 2.27 bits per heavy atom. The molecule has 1 heterocycles. The van der Waals surface area contributed by atoms with Crippen LogP contribution in [0.4, 0.5) is 5.69 Å². The lowest BCUT2D eigenvalue weighted by Gasteiger charge is -2.12. The number of anilines is 1. The number of rotatable bonds is 2. The van der Waals surface area contributed by atoms with Crippen LogP contribution in [-0.2, 0) is 0 Å². The second-order valence-corrected chi connectivity index (χ2v) is 6.51. The molecular weight excluding hydrogens is 242 g/mol. The third-order valence-corrected chi connectivity index (χ3v) is 4.64. The van der Waals surface area contributed by atoms with Crippen LogP contribution in [0.25, 0.3) is 10.4 Å². The van der Waals surface area contributed by atoms with E-state index in [1.807, 2.05) is 14.1 Å². The maximum absolute atomic E-state index is 5.13. The van der Waals surface area contributed by atoms with E-state index >= 15 is 0 Å². The van der Waals surface area contributed by atoms with Crippen molar-refractivity contribution in [3.05, 3.63) is 32.8 Å². The van der Waals surface area contributed by atoms with E-state index in [2.05, 4.69) is 34.5 Å². The lowest BCUT2D eigenvalue weighted by molar-refractivity contribution is 1.13. The number of benzene rings is 1. The van der Waals surface area contributed by atoms with E-state index in [0.29, 0.717) is 0 Å². The molecule has 78 valence electrons. The van der Waals surface area contributed by atoms with E-state index in [1.54, 1.807) is 22.7 Å². The van der Waals surface area contributed by atoms with Gasteiger partial charge in [-0.05, 0) is 17.7 Å². The molecule has 2 rings (SSSR count). The van der Waals surface area contributed by atoms with E-state index in [9.17, 15) is 0 Å². The van der Waals surface area contributed by atoms with Crippen molar-refractivity contribution in [2.45, 2.75) is 0 Å². The molecule has 1 nitrogen and oxygen atoms in total. The lowest BCUT2D eigenvalue weighted by atomic mass is 10.2. The minimum absolute atomic E-state index is 0.988. The number of hydrogen-bond donors (Lipinski definition) is 0. The molecule has 0 aliphatic heterocycles. The molecule has 0 radical (unpaired) electrons. The summed E-state index contributed by atoms with van der Waals surface area (Å²) in [5, 5.41) is 2.12. The van der Waals surface area contributed by atoms with Crippen molar-refractivity contribution >= 4 is 40.6 Å². The molecule has 2 aromatic rings. The zero-order valence-electron chi connectivity index (χ0n) is 8.56. The fourth-order valence-corrected chi connectivity index (χ4v) is 3.42. The molecule has 0 saturated heterocycles. The summed E-state index contributed by atoms with van der Waals surface area (Å²) < 4.78 is 0.988. The molecule has 0 unspecified atom stereocenters. The summed E-state index contributed by atoms with van der Waals surface area (Å²) in [5.74, 6) is 0. The van der Waals surface area contributed by atoms with Gasteiger partial charge in [0, 0.05) is 30.0 Å². The van der Waals surface area contributed by atoms with Crippen molar-refractivity contribution in [1.29, 1.82) is 0 Å².